The summed E-state index contributed by atoms with van der Waals surface area (Å²) in [6.45, 7) is 0. The first kappa shape index (κ1) is 10.8. The zero-order valence-corrected chi connectivity index (χ0v) is 8.92. The van der Waals surface area contributed by atoms with Crippen molar-refractivity contribution in [3.05, 3.63) is 29.4 Å². The van der Waals surface area contributed by atoms with Crippen LogP contribution >= 0.6 is 11.6 Å². The molecule has 2 rings (SSSR count). The quantitative estimate of drug-likeness (QED) is 0.807. The van der Waals surface area contributed by atoms with E-state index >= 15 is 0 Å². The van der Waals surface area contributed by atoms with Gasteiger partial charge in [-0.05, 0) is 0 Å². The molecule has 0 saturated carbocycles. The highest BCUT2D eigenvalue weighted by Gasteiger charge is 2.14. The van der Waals surface area contributed by atoms with E-state index in [1.54, 1.807) is 16.8 Å². The highest BCUT2D eigenvalue weighted by Crippen LogP contribution is 2.09. The maximum Gasteiger partial charge on any atom is 0.320 e. The first-order valence-electron chi connectivity index (χ1n) is 4.54. The molecule has 3 N–H and O–H groups in total. The molecule has 2 aromatic heterocycles. The Morgan fingerprint density at radius 3 is 3.06 bits per heavy atom. The summed E-state index contributed by atoms with van der Waals surface area (Å²) in [5, 5.41) is 9.02. The van der Waals surface area contributed by atoms with Gasteiger partial charge in [-0.25, -0.2) is 9.97 Å². The number of carboxylic acid groups (broad SMARTS) is 1. The van der Waals surface area contributed by atoms with Crippen molar-refractivity contribution < 1.29 is 9.90 Å². The summed E-state index contributed by atoms with van der Waals surface area (Å²) in [5.74, 6) is -1.05. The van der Waals surface area contributed by atoms with Crippen LogP contribution in [0.5, 0.6) is 0 Å². The number of hydrogen-bond donors (Lipinski definition) is 2. The van der Waals surface area contributed by atoms with Crippen molar-refractivity contribution in [1.29, 1.82) is 0 Å². The van der Waals surface area contributed by atoms with Gasteiger partial charge >= 0.3 is 5.97 Å². The summed E-state index contributed by atoms with van der Waals surface area (Å²) < 4.78 is 1.68. The normalized spacial score (nSPS) is 12.9. The van der Waals surface area contributed by atoms with Crippen molar-refractivity contribution in [2.75, 3.05) is 0 Å². The zero-order chi connectivity index (χ0) is 11.7. The number of nitrogens with zero attached hydrogens (tertiary/aromatic N) is 3. The smallest absolute Gasteiger partial charge is 0.320 e. The second kappa shape index (κ2) is 4.07. The molecular weight excluding hydrogens is 232 g/mol. The van der Waals surface area contributed by atoms with Crippen molar-refractivity contribution in [3.63, 3.8) is 0 Å². The topological polar surface area (TPSA) is 93.5 Å². The summed E-state index contributed by atoms with van der Waals surface area (Å²) in [7, 11) is 0. The minimum absolute atomic E-state index is 0.175. The van der Waals surface area contributed by atoms with Gasteiger partial charge in [0.15, 0.2) is 5.65 Å². The number of imidazole rings is 1. The van der Waals surface area contributed by atoms with Gasteiger partial charge < -0.3 is 15.2 Å². The fourth-order valence-electron chi connectivity index (χ4n) is 1.34. The average Bonchev–Trinajstić information content (AvgIpc) is 2.58. The maximum atomic E-state index is 10.6. The monoisotopic (exact) mass is 240 g/mol. The molecule has 0 saturated heterocycles. The van der Waals surface area contributed by atoms with Crippen LogP contribution in [0.2, 0.25) is 5.15 Å². The van der Waals surface area contributed by atoms with E-state index in [-0.39, 0.29) is 6.42 Å². The number of aliphatic carboxylic acids is 1. The molecule has 0 bridgehead atoms. The van der Waals surface area contributed by atoms with Crippen LogP contribution in [0.1, 0.15) is 5.69 Å². The minimum Gasteiger partial charge on any atom is -0.480 e. The number of aromatic nitrogens is 3. The van der Waals surface area contributed by atoms with E-state index in [1.165, 1.54) is 6.20 Å². The molecule has 0 spiro atoms. The second-order valence-electron chi connectivity index (χ2n) is 3.36. The molecule has 0 radical (unpaired) electrons. The van der Waals surface area contributed by atoms with Crippen molar-refractivity contribution >= 4 is 23.2 Å². The van der Waals surface area contributed by atoms with E-state index in [4.69, 9.17) is 22.4 Å². The Labute approximate surface area is 95.7 Å². The van der Waals surface area contributed by atoms with E-state index in [2.05, 4.69) is 9.97 Å². The van der Waals surface area contributed by atoms with Gasteiger partial charge in [0.05, 0.1) is 11.9 Å². The molecule has 7 heteroatoms. The van der Waals surface area contributed by atoms with Crippen LogP contribution in [-0.4, -0.2) is 31.5 Å². The lowest BCUT2D eigenvalue weighted by molar-refractivity contribution is -0.138. The van der Waals surface area contributed by atoms with Crippen LogP contribution in [0.25, 0.3) is 5.65 Å². The van der Waals surface area contributed by atoms with Crippen LogP contribution in [-0.2, 0) is 11.2 Å². The van der Waals surface area contributed by atoms with Gasteiger partial charge in [0.1, 0.15) is 11.2 Å². The second-order valence-corrected chi connectivity index (χ2v) is 3.74. The van der Waals surface area contributed by atoms with Gasteiger partial charge in [-0.3, -0.25) is 4.79 Å². The van der Waals surface area contributed by atoms with Crippen LogP contribution in [0.3, 0.4) is 0 Å². The summed E-state index contributed by atoms with van der Waals surface area (Å²) in [6.07, 6.45) is 4.97. The molecule has 84 valence electrons. The van der Waals surface area contributed by atoms with E-state index in [9.17, 15) is 4.79 Å². The molecular formula is C9H9ClN4O2. The number of carbonyl (C=O) groups is 1. The Bertz CT molecular complexity index is 539. The Balaban J connectivity index is 2.29. The third kappa shape index (κ3) is 2.12. The van der Waals surface area contributed by atoms with Gasteiger partial charge in [-0.1, -0.05) is 11.6 Å². The molecule has 2 heterocycles. The molecule has 6 nitrogen and oxygen atoms in total. The van der Waals surface area contributed by atoms with E-state index in [1.807, 2.05) is 0 Å². The van der Waals surface area contributed by atoms with E-state index < -0.39 is 12.0 Å². The zero-order valence-electron chi connectivity index (χ0n) is 8.17. The Morgan fingerprint density at radius 2 is 2.38 bits per heavy atom. The highest BCUT2D eigenvalue weighted by molar-refractivity contribution is 6.29. The average molecular weight is 241 g/mol. The molecule has 0 fully saturated rings. The first-order chi connectivity index (χ1) is 7.56. The van der Waals surface area contributed by atoms with Crippen molar-refractivity contribution in [3.8, 4) is 0 Å². The summed E-state index contributed by atoms with van der Waals surface area (Å²) in [4.78, 5) is 18.6. The fraction of sp³-hybridized carbons (Fsp3) is 0.222. The summed E-state index contributed by atoms with van der Waals surface area (Å²) in [6, 6.07) is -0.951. The molecule has 0 aliphatic carbocycles. The molecule has 0 aliphatic heterocycles. The third-order valence-corrected chi connectivity index (χ3v) is 2.30. The lowest BCUT2D eigenvalue weighted by atomic mass is 10.2. The predicted octanol–water partition coefficient (Wildman–Crippen LogP) is 0.337. The SMILES string of the molecule is NC(Cc1cn2cc(Cl)ncc2n1)C(=O)O. The number of halogens is 1. The first-order valence-corrected chi connectivity index (χ1v) is 4.91. The third-order valence-electron chi connectivity index (χ3n) is 2.11. The molecule has 16 heavy (non-hydrogen) atoms. The molecule has 1 atom stereocenters. The molecule has 2 aromatic rings. The van der Waals surface area contributed by atoms with Gasteiger partial charge in [-0.15, -0.1) is 0 Å². The van der Waals surface area contributed by atoms with E-state index in [0.717, 1.165) is 0 Å². The Hall–Kier alpha value is -1.66. The molecule has 0 aliphatic rings. The Kier molecular flexibility index (Phi) is 2.76. The fourth-order valence-corrected chi connectivity index (χ4v) is 1.49. The molecule has 0 aromatic carbocycles. The van der Waals surface area contributed by atoms with Gasteiger partial charge in [0.2, 0.25) is 0 Å². The van der Waals surface area contributed by atoms with Crippen LogP contribution in [0.4, 0.5) is 0 Å². The van der Waals surface area contributed by atoms with Crippen LogP contribution in [0.15, 0.2) is 18.6 Å². The van der Waals surface area contributed by atoms with Crippen LogP contribution in [0, 0.1) is 0 Å². The van der Waals surface area contributed by atoms with Crippen molar-refractivity contribution in [2.45, 2.75) is 12.5 Å². The largest absolute Gasteiger partial charge is 0.480 e. The number of rotatable bonds is 3. The highest BCUT2D eigenvalue weighted by atomic mass is 35.5. The number of fused-ring (bicyclic) bond motifs is 1. The Morgan fingerprint density at radius 1 is 1.62 bits per heavy atom. The lowest BCUT2D eigenvalue weighted by Crippen LogP contribution is -2.32. The molecule has 1 unspecified atom stereocenters. The number of nitrogens with two attached hydrogens (primary N) is 1. The predicted molar refractivity (Wildman–Crippen MR) is 57.3 cm³/mol. The summed E-state index contributed by atoms with van der Waals surface area (Å²) in [5.41, 5.74) is 6.61. The van der Waals surface area contributed by atoms with Crippen LogP contribution < -0.4 is 5.73 Å². The van der Waals surface area contributed by atoms with Gasteiger partial charge in [0, 0.05) is 18.8 Å². The molecule has 0 amide bonds. The van der Waals surface area contributed by atoms with Crippen molar-refractivity contribution in [2.24, 2.45) is 5.73 Å². The van der Waals surface area contributed by atoms with Gasteiger partial charge in [-0.2, -0.15) is 0 Å². The van der Waals surface area contributed by atoms with E-state index in [0.29, 0.717) is 16.5 Å². The standard InChI is InChI=1S/C9H9ClN4O2/c10-7-4-14-3-5(1-6(11)9(15)16)13-8(14)2-12-7/h2-4,6H,1,11H2,(H,15,16). The minimum atomic E-state index is -1.05. The number of hydrogen-bond acceptors (Lipinski definition) is 4. The van der Waals surface area contributed by atoms with Gasteiger partial charge in [0.25, 0.3) is 0 Å². The lowest BCUT2D eigenvalue weighted by Gasteiger charge is -2.01. The number of carboxylic acids is 1. The maximum absolute atomic E-state index is 10.6. The summed E-state index contributed by atoms with van der Waals surface area (Å²) >= 11 is 5.71. The van der Waals surface area contributed by atoms with Crippen molar-refractivity contribution in [1.82, 2.24) is 14.4 Å².